The Morgan fingerprint density at radius 1 is 1.11 bits per heavy atom. The molecule has 0 bridgehead atoms. The highest BCUT2D eigenvalue weighted by Gasteiger charge is 2.30. The van der Waals surface area contributed by atoms with Crippen LogP contribution in [0.3, 0.4) is 0 Å². The standard InChI is InChI=1S/C15H28N2O/c1-2-11-17-12-7-10-14(17)15(18)16-13-8-5-3-4-6-9-13/h13-14H,2-12H2,1H3,(H,16,18)/t14-/m1/s1. The van der Waals surface area contributed by atoms with Gasteiger partial charge in [-0.25, -0.2) is 0 Å². The molecule has 2 rings (SSSR count). The van der Waals surface area contributed by atoms with Crippen molar-refractivity contribution in [2.24, 2.45) is 0 Å². The molecular weight excluding hydrogens is 224 g/mol. The third-order valence-corrected chi connectivity index (χ3v) is 4.38. The van der Waals surface area contributed by atoms with E-state index >= 15 is 0 Å². The van der Waals surface area contributed by atoms with Crippen LogP contribution >= 0.6 is 0 Å². The molecule has 1 aliphatic carbocycles. The molecular formula is C15H28N2O. The average Bonchev–Trinajstić information content (AvgIpc) is 2.67. The Kier molecular flexibility index (Phi) is 5.48. The first-order chi connectivity index (χ1) is 8.81. The quantitative estimate of drug-likeness (QED) is 0.780. The van der Waals surface area contributed by atoms with E-state index in [2.05, 4.69) is 17.1 Å². The van der Waals surface area contributed by atoms with Crippen molar-refractivity contribution in [2.45, 2.75) is 76.8 Å². The molecule has 1 saturated heterocycles. The molecule has 1 aliphatic heterocycles. The van der Waals surface area contributed by atoms with Gasteiger partial charge in [0.25, 0.3) is 0 Å². The number of likely N-dealkylation sites (tertiary alicyclic amines) is 1. The van der Waals surface area contributed by atoms with Crippen LogP contribution in [0.5, 0.6) is 0 Å². The van der Waals surface area contributed by atoms with Crippen LogP contribution in [0.25, 0.3) is 0 Å². The van der Waals surface area contributed by atoms with Crippen molar-refractivity contribution in [3.8, 4) is 0 Å². The molecule has 0 spiro atoms. The average molecular weight is 252 g/mol. The first-order valence-corrected chi connectivity index (χ1v) is 7.85. The van der Waals surface area contributed by atoms with Gasteiger partial charge in [0, 0.05) is 6.04 Å². The molecule has 1 atom stereocenters. The zero-order valence-corrected chi connectivity index (χ0v) is 11.8. The first kappa shape index (κ1) is 13.9. The fourth-order valence-electron chi connectivity index (χ4n) is 3.40. The van der Waals surface area contributed by atoms with Gasteiger partial charge in [-0.2, -0.15) is 0 Å². The van der Waals surface area contributed by atoms with Crippen molar-refractivity contribution < 1.29 is 4.79 Å². The van der Waals surface area contributed by atoms with E-state index in [4.69, 9.17) is 0 Å². The topological polar surface area (TPSA) is 32.3 Å². The maximum absolute atomic E-state index is 12.4. The fraction of sp³-hybridized carbons (Fsp3) is 0.933. The molecule has 0 aromatic heterocycles. The van der Waals surface area contributed by atoms with Gasteiger partial charge in [-0.3, -0.25) is 9.69 Å². The number of amides is 1. The lowest BCUT2D eigenvalue weighted by Gasteiger charge is -2.25. The van der Waals surface area contributed by atoms with E-state index < -0.39 is 0 Å². The Hall–Kier alpha value is -0.570. The molecule has 3 heteroatoms. The monoisotopic (exact) mass is 252 g/mol. The Bertz CT molecular complexity index is 259. The highest BCUT2D eigenvalue weighted by atomic mass is 16.2. The minimum Gasteiger partial charge on any atom is -0.352 e. The molecule has 18 heavy (non-hydrogen) atoms. The predicted molar refractivity (Wildman–Crippen MR) is 74.5 cm³/mol. The maximum atomic E-state index is 12.4. The van der Waals surface area contributed by atoms with Crippen LogP contribution in [0, 0.1) is 0 Å². The molecule has 0 radical (unpaired) electrons. The molecule has 2 fully saturated rings. The highest BCUT2D eigenvalue weighted by molar-refractivity contribution is 5.82. The number of hydrogen-bond donors (Lipinski definition) is 1. The summed E-state index contributed by atoms with van der Waals surface area (Å²) >= 11 is 0. The number of rotatable bonds is 4. The largest absolute Gasteiger partial charge is 0.352 e. The summed E-state index contributed by atoms with van der Waals surface area (Å²) in [6.07, 6.45) is 11.0. The van der Waals surface area contributed by atoms with E-state index in [1.54, 1.807) is 0 Å². The summed E-state index contributed by atoms with van der Waals surface area (Å²) in [7, 11) is 0. The SMILES string of the molecule is CCCN1CCC[C@@H]1C(=O)NC1CCCCCC1. The second-order valence-electron chi connectivity index (χ2n) is 5.89. The highest BCUT2D eigenvalue weighted by Crippen LogP contribution is 2.20. The summed E-state index contributed by atoms with van der Waals surface area (Å²) < 4.78 is 0. The van der Waals surface area contributed by atoms with E-state index in [1.165, 1.54) is 44.9 Å². The van der Waals surface area contributed by atoms with Crippen LogP contribution in [-0.2, 0) is 4.79 Å². The summed E-state index contributed by atoms with van der Waals surface area (Å²) in [6, 6.07) is 0.609. The number of nitrogens with one attached hydrogen (secondary N) is 1. The van der Waals surface area contributed by atoms with Gasteiger partial charge in [-0.15, -0.1) is 0 Å². The molecule has 1 saturated carbocycles. The van der Waals surface area contributed by atoms with Crippen LogP contribution in [0.4, 0.5) is 0 Å². The maximum Gasteiger partial charge on any atom is 0.237 e. The first-order valence-electron chi connectivity index (χ1n) is 7.85. The second kappa shape index (κ2) is 7.13. The predicted octanol–water partition coefficient (Wildman–Crippen LogP) is 2.70. The minimum atomic E-state index is 0.160. The molecule has 1 amide bonds. The zero-order chi connectivity index (χ0) is 12.8. The third kappa shape index (κ3) is 3.71. The molecule has 3 nitrogen and oxygen atoms in total. The van der Waals surface area contributed by atoms with E-state index in [-0.39, 0.29) is 6.04 Å². The number of carbonyl (C=O) groups excluding carboxylic acids is 1. The van der Waals surface area contributed by atoms with Crippen molar-refractivity contribution in [3.05, 3.63) is 0 Å². The van der Waals surface area contributed by atoms with Gasteiger partial charge in [0.2, 0.25) is 5.91 Å². The second-order valence-corrected chi connectivity index (χ2v) is 5.89. The van der Waals surface area contributed by atoms with Gasteiger partial charge in [0.05, 0.1) is 6.04 Å². The summed E-state index contributed by atoms with van der Waals surface area (Å²) in [5.74, 6) is 0.299. The number of nitrogens with zero attached hydrogens (tertiary/aromatic N) is 1. The smallest absolute Gasteiger partial charge is 0.237 e. The Balaban J connectivity index is 1.82. The van der Waals surface area contributed by atoms with Crippen molar-refractivity contribution in [1.29, 1.82) is 0 Å². The van der Waals surface area contributed by atoms with Crippen molar-refractivity contribution in [3.63, 3.8) is 0 Å². The summed E-state index contributed by atoms with van der Waals surface area (Å²) in [4.78, 5) is 14.7. The number of hydrogen-bond acceptors (Lipinski definition) is 2. The molecule has 1 heterocycles. The Morgan fingerprint density at radius 3 is 2.50 bits per heavy atom. The van der Waals surface area contributed by atoms with Gasteiger partial charge in [0.1, 0.15) is 0 Å². The molecule has 0 aromatic rings. The van der Waals surface area contributed by atoms with E-state index in [9.17, 15) is 4.79 Å². The summed E-state index contributed by atoms with van der Waals surface area (Å²) in [5, 5.41) is 3.31. The third-order valence-electron chi connectivity index (χ3n) is 4.38. The lowest BCUT2D eigenvalue weighted by molar-refractivity contribution is -0.126. The van der Waals surface area contributed by atoms with Gasteiger partial charge in [-0.05, 0) is 45.2 Å². The van der Waals surface area contributed by atoms with Crippen molar-refractivity contribution >= 4 is 5.91 Å². The lowest BCUT2D eigenvalue weighted by atomic mass is 10.1. The zero-order valence-electron chi connectivity index (χ0n) is 11.8. The molecule has 0 aromatic carbocycles. The summed E-state index contributed by atoms with van der Waals surface area (Å²) in [5.41, 5.74) is 0. The normalized spacial score (nSPS) is 27.1. The van der Waals surface area contributed by atoms with E-state index in [0.29, 0.717) is 11.9 Å². The van der Waals surface area contributed by atoms with Crippen LogP contribution in [0.15, 0.2) is 0 Å². The molecule has 104 valence electrons. The number of carbonyl (C=O) groups is 1. The van der Waals surface area contributed by atoms with Crippen molar-refractivity contribution in [1.82, 2.24) is 10.2 Å². The van der Waals surface area contributed by atoms with E-state index in [0.717, 1.165) is 25.9 Å². The minimum absolute atomic E-state index is 0.160. The Morgan fingerprint density at radius 2 is 1.83 bits per heavy atom. The van der Waals surface area contributed by atoms with Gasteiger partial charge in [0.15, 0.2) is 0 Å². The van der Waals surface area contributed by atoms with Gasteiger partial charge >= 0.3 is 0 Å². The van der Waals surface area contributed by atoms with Crippen molar-refractivity contribution in [2.75, 3.05) is 13.1 Å². The van der Waals surface area contributed by atoms with Gasteiger partial charge in [-0.1, -0.05) is 32.6 Å². The summed E-state index contributed by atoms with van der Waals surface area (Å²) in [6.45, 7) is 4.37. The van der Waals surface area contributed by atoms with Crippen LogP contribution in [0.2, 0.25) is 0 Å². The Labute approximate surface area is 111 Å². The lowest BCUT2D eigenvalue weighted by Crippen LogP contribution is -2.47. The van der Waals surface area contributed by atoms with Crippen LogP contribution in [-0.4, -0.2) is 36.0 Å². The van der Waals surface area contributed by atoms with Gasteiger partial charge < -0.3 is 5.32 Å². The molecule has 2 aliphatic rings. The van der Waals surface area contributed by atoms with Crippen LogP contribution < -0.4 is 5.32 Å². The molecule has 1 N–H and O–H groups in total. The fourth-order valence-corrected chi connectivity index (χ4v) is 3.40. The molecule has 0 unspecified atom stereocenters. The van der Waals surface area contributed by atoms with E-state index in [1.807, 2.05) is 0 Å². The van der Waals surface area contributed by atoms with Crippen LogP contribution in [0.1, 0.15) is 64.7 Å².